The number of rotatable bonds is 1. The Bertz CT molecular complexity index is 468. The molecule has 0 saturated heterocycles. The third-order valence-electron chi connectivity index (χ3n) is 5.24. The topological polar surface area (TPSA) is 3.24 Å². The molecule has 1 heterocycles. The average Bonchev–Trinajstić information content (AvgIpc) is 2.33. The van der Waals surface area contributed by atoms with Crippen molar-refractivity contribution in [2.45, 2.75) is 53.0 Å². The number of fused-ring (bicyclic) bond motifs is 1. The number of para-hydroxylation sites is 1. The molecule has 0 fully saturated rings. The number of nitrogens with zero attached hydrogens (tertiary/aromatic N) is 1. The van der Waals surface area contributed by atoms with E-state index in [1.807, 2.05) is 0 Å². The second-order valence-corrected chi connectivity index (χ2v) is 6.43. The summed E-state index contributed by atoms with van der Waals surface area (Å²) in [6.45, 7) is 13.9. The highest BCUT2D eigenvalue weighted by Gasteiger charge is 2.49. The molecule has 1 aromatic rings. The molecule has 98 valence electrons. The van der Waals surface area contributed by atoms with Gasteiger partial charge in [-0.15, -0.1) is 0 Å². The minimum atomic E-state index is 0.182. The molecule has 0 radical (unpaired) electrons. The number of allylic oxidation sites excluding steroid dienone is 1. The summed E-state index contributed by atoms with van der Waals surface area (Å²) < 4.78 is 0. The monoisotopic (exact) mass is 243 g/mol. The molecule has 0 spiro atoms. The summed E-state index contributed by atoms with van der Waals surface area (Å²) in [5, 5.41) is 0. The Hall–Kier alpha value is -1.24. The van der Waals surface area contributed by atoms with Crippen molar-refractivity contribution < 1.29 is 0 Å². The van der Waals surface area contributed by atoms with Crippen LogP contribution in [-0.2, 0) is 5.41 Å². The van der Waals surface area contributed by atoms with Gasteiger partial charge in [0.15, 0.2) is 0 Å². The van der Waals surface area contributed by atoms with E-state index in [1.165, 1.54) is 11.3 Å². The van der Waals surface area contributed by atoms with Crippen molar-refractivity contribution in [3.05, 3.63) is 42.1 Å². The molecule has 0 amide bonds. The maximum Gasteiger partial charge on any atom is 0.0446 e. The molecule has 1 aromatic carbocycles. The van der Waals surface area contributed by atoms with Crippen LogP contribution in [-0.4, -0.2) is 6.04 Å². The minimum absolute atomic E-state index is 0.182. The van der Waals surface area contributed by atoms with Crippen LogP contribution in [0.4, 0.5) is 5.69 Å². The molecule has 0 aliphatic carbocycles. The molecule has 1 atom stereocenters. The van der Waals surface area contributed by atoms with E-state index in [-0.39, 0.29) is 10.8 Å². The number of hydrogen-bond donors (Lipinski definition) is 0. The quantitative estimate of drug-likeness (QED) is 0.689. The van der Waals surface area contributed by atoms with Gasteiger partial charge in [-0.2, -0.15) is 0 Å². The van der Waals surface area contributed by atoms with E-state index in [0.717, 1.165) is 0 Å². The SMILES string of the molecule is C/C=C\N1c2ccccc2C(C)(C)C(C)(C)C1C. The molecule has 18 heavy (non-hydrogen) atoms. The maximum absolute atomic E-state index is 2.42. The second-order valence-electron chi connectivity index (χ2n) is 6.43. The zero-order valence-electron chi connectivity index (χ0n) is 12.5. The van der Waals surface area contributed by atoms with Gasteiger partial charge in [0, 0.05) is 17.9 Å². The first-order valence-corrected chi connectivity index (χ1v) is 6.84. The lowest BCUT2D eigenvalue weighted by Gasteiger charge is -2.55. The van der Waals surface area contributed by atoms with Gasteiger partial charge < -0.3 is 4.90 Å². The first kappa shape index (κ1) is 13.2. The van der Waals surface area contributed by atoms with Crippen LogP contribution in [0.5, 0.6) is 0 Å². The van der Waals surface area contributed by atoms with Gasteiger partial charge in [0.05, 0.1) is 0 Å². The molecule has 1 aliphatic rings. The van der Waals surface area contributed by atoms with E-state index in [0.29, 0.717) is 6.04 Å². The predicted molar refractivity (Wildman–Crippen MR) is 80.0 cm³/mol. The highest BCUT2D eigenvalue weighted by atomic mass is 15.2. The summed E-state index contributed by atoms with van der Waals surface area (Å²) in [6.07, 6.45) is 4.34. The Morgan fingerprint density at radius 2 is 1.72 bits per heavy atom. The van der Waals surface area contributed by atoms with Crippen LogP contribution in [0.25, 0.3) is 0 Å². The smallest absolute Gasteiger partial charge is 0.0446 e. The fourth-order valence-corrected chi connectivity index (χ4v) is 3.02. The Morgan fingerprint density at radius 3 is 2.33 bits per heavy atom. The summed E-state index contributed by atoms with van der Waals surface area (Å²) in [4.78, 5) is 2.42. The lowest BCUT2D eigenvalue weighted by atomic mass is 9.58. The maximum atomic E-state index is 2.42. The highest BCUT2D eigenvalue weighted by molar-refractivity contribution is 5.63. The van der Waals surface area contributed by atoms with Crippen LogP contribution in [0.1, 0.15) is 47.1 Å². The fourth-order valence-electron chi connectivity index (χ4n) is 3.02. The van der Waals surface area contributed by atoms with E-state index < -0.39 is 0 Å². The summed E-state index contributed by atoms with van der Waals surface area (Å²) in [5.41, 5.74) is 3.21. The predicted octanol–water partition coefficient (Wildman–Crippen LogP) is 4.73. The van der Waals surface area contributed by atoms with E-state index in [4.69, 9.17) is 0 Å². The lowest BCUT2D eigenvalue weighted by Crippen LogP contribution is -2.55. The number of hydrogen-bond acceptors (Lipinski definition) is 1. The van der Waals surface area contributed by atoms with E-state index in [9.17, 15) is 0 Å². The standard InChI is InChI=1S/C17H25N/c1-7-12-18-13(2)16(3,4)17(5,6)14-10-8-9-11-15(14)18/h7-13H,1-6H3/b12-7-. The first-order valence-electron chi connectivity index (χ1n) is 6.84. The average molecular weight is 243 g/mol. The van der Waals surface area contributed by atoms with E-state index in [2.05, 4.69) is 83.0 Å². The molecule has 2 rings (SSSR count). The zero-order valence-corrected chi connectivity index (χ0v) is 12.5. The molecule has 1 aliphatic heterocycles. The molecule has 0 N–H and O–H groups in total. The summed E-state index contributed by atoms with van der Waals surface area (Å²) >= 11 is 0. The summed E-state index contributed by atoms with van der Waals surface area (Å²) in [5.74, 6) is 0. The minimum Gasteiger partial charge on any atom is -0.345 e. The molecule has 0 bridgehead atoms. The third-order valence-corrected chi connectivity index (χ3v) is 5.24. The van der Waals surface area contributed by atoms with Gasteiger partial charge in [0.2, 0.25) is 0 Å². The number of anilines is 1. The van der Waals surface area contributed by atoms with Gasteiger partial charge in [-0.25, -0.2) is 0 Å². The fraction of sp³-hybridized carbons (Fsp3) is 0.529. The van der Waals surface area contributed by atoms with Crippen molar-refractivity contribution in [2.24, 2.45) is 5.41 Å². The van der Waals surface area contributed by atoms with Crippen molar-refractivity contribution in [1.82, 2.24) is 0 Å². The van der Waals surface area contributed by atoms with Crippen molar-refractivity contribution in [2.75, 3.05) is 4.90 Å². The molecular weight excluding hydrogens is 218 g/mol. The molecule has 0 saturated carbocycles. The van der Waals surface area contributed by atoms with Gasteiger partial charge in [0.1, 0.15) is 0 Å². The van der Waals surface area contributed by atoms with Crippen LogP contribution in [0.3, 0.4) is 0 Å². The van der Waals surface area contributed by atoms with Crippen molar-refractivity contribution in [1.29, 1.82) is 0 Å². The Labute approximate surface area is 112 Å². The second kappa shape index (κ2) is 4.15. The molecule has 1 unspecified atom stereocenters. The van der Waals surface area contributed by atoms with Gasteiger partial charge in [-0.3, -0.25) is 0 Å². The van der Waals surface area contributed by atoms with Crippen LogP contribution in [0.15, 0.2) is 36.5 Å². The van der Waals surface area contributed by atoms with E-state index >= 15 is 0 Å². The Balaban J connectivity index is 2.69. The van der Waals surface area contributed by atoms with Crippen LogP contribution in [0.2, 0.25) is 0 Å². The number of benzene rings is 1. The van der Waals surface area contributed by atoms with Crippen LogP contribution < -0.4 is 4.90 Å². The zero-order chi connectivity index (χ0) is 13.6. The largest absolute Gasteiger partial charge is 0.345 e. The first-order chi connectivity index (χ1) is 8.34. The normalized spacial score (nSPS) is 25.2. The van der Waals surface area contributed by atoms with Gasteiger partial charge in [0.25, 0.3) is 0 Å². The molecule has 1 nitrogen and oxygen atoms in total. The third kappa shape index (κ3) is 1.60. The van der Waals surface area contributed by atoms with Gasteiger partial charge in [-0.1, -0.05) is 52.0 Å². The van der Waals surface area contributed by atoms with Gasteiger partial charge in [-0.05, 0) is 36.3 Å². The van der Waals surface area contributed by atoms with E-state index in [1.54, 1.807) is 0 Å². The molecular formula is C17H25N. The Morgan fingerprint density at radius 1 is 1.11 bits per heavy atom. The van der Waals surface area contributed by atoms with Crippen molar-refractivity contribution >= 4 is 5.69 Å². The van der Waals surface area contributed by atoms with Crippen molar-refractivity contribution in [3.8, 4) is 0 Å². The Kier molecular flexibility index (Phi) is 3.04. The molecule has 0 aromatic heterocycles. The highest BCUT2D eigenvalue weighted by Crippen LogP contribution is 2.53. The molecule has 1 heteroatoms. The lowest BCUT2D eigenvalue weighted by molar-refractivity contribution is 0.148. The van der Waals surface area contributed by atoms with Crippen molar-refractivity contribution in [3.63, 3.8) is 0 Å². The van der Waals surface area contributed by atoms with Gasteiger partial charge >= 0.3 is 0 Å². The summed E-state index contributed by atoms with van der Waals surface area (Å²) in [7, 11) is 0. The van der Waals surface area contributed by atoms with Crippen LogP contribution in [0, 0.1) is 5.41 Å². The van der Waals surface area contributed by atoms with Crippen LogP contribution >= 0.6 is 0 Å². The summed E-state index contributed by atoms with van der Waals surface area (Å²) in [6, 6.07) is 9.29.